The maximum absolute atomic E-state index is 11.2. The van der Waals surface area contributed by atoms with E-state index in [1.807, 2.05) is 6.92 Å². The average Bonchev–Trinajstić information content (AvgIpc) is 2.67. The molecule has 0 aliphatic carbocycles. The van der Waals surface area contributed by atoms with Crippen molar-refractivity contribution < 1.29 is 8.73 Å². The fourth-order valence-corrected chi connectivity index (χ4v) is 3.12. The third kappa shape index (κ3) is 3.38. The first-order valence-corrected chi connectivity index (χ1v) is 7.10. The lowest BCUT2D eigenvalue weighted by molar-refractivity contribution is 0.367. The summed E-state index contributed by atoms with van der Waals surface area (Å²) in [5.74, 6) is 3.03. The van der Waals surface area contributed by atoms with E-state index in [1.54, 1.807) is 0 Å². The van der Waals surface area contributed by atoms with Crippen molar-refractivity contribution in [3.8, 4) is 0 Å². The number of nitrogens with zero attached hydrogens (tertiary/aromatic N) is 2. The number of hydrogen-bond donors (Lipinski definition) is 1. The predicted octanol–water partition coefficient (Wildman–Crippen LogP) is 0.421. The molecule has 1 aromatic rings. The van der Waals surface area contributed by atoms with E-state index in [1.165, 1.54) is 0 Å². The van der Waals surface area contributed by atoms with Gasteiger partial charge in [-0.1, -0.05) is 5.16 Å². The second-order valence-corrected chi connectivity index (χ2v) is 5.76. The Balaban J connectivity index is 1.66. The molecule has 1 fully saturated rings. The minimum absolute atomic E-state index is 0.502. The molecule has 0 radical (unpaired) electrons. The van der Waals surface area contributed by atoms with E-state index in [9.17, 15) is 4.21 Å². The molecule has 6 heteroatoms. The van der Waals surface area contributed by atoms with Gasteiger partial charge in [0.25, 0.3) is 0 Å². The average molecular weight is 243 g/mol. The molecule has 1 aliphatic heterocycles. The summed E-state index contributed by atoms with van der Waals surface area (Å²) in [5, 5.41) is 7.18. The maximum atomic E-state index is 11.2. The van der Waals surface area contributed by atoms with Crippen LogP contribution in [0.1, 0.15) is 24.6 Å². The van der Waals surface area contributed by atoms with Gasteiger partial charge in [-0.2, -0.15) is 4.98 Å². The lowest BCUT2D eigenvalue weighted by Crippen LogP contribution is -2.36. The van der Waals surface area contributed by atoms with Gasteiger partial charge >= 0.3 is 0 Å². The molecule has 16 heavy (non-hydrogen) atoms. The lowest BCUT2D eigenvalue weighted by Gasteiger charge is -2.22. The molecule has 1 N–H and O–H groups in total. The van der Waals surface area contributed by atoms with Crippen molar-refractivity contribution in [3.63, 3.8) is 0 Å². The molecule has 1 saturated heterocycles. The van der Waals surface area contributed by atoms with E-state index in [-0.39, 0.29) is 0 Å². The summed E-state index contributed by atoms with van der Waals surface area (Å²) < 4.78 is 16.2. The van der Waals surface area contributed by atoms with Gasteiger partial charge in [0, 0.05) is 41.3 Å². The zero-order valence-corrected chi connectivity index (χ0v) is 10.3. The summed E-state index contributed by atoms with van der Waals surface area (Å²) in [6.45, 7) is 2.66. The Labute approximate surface area is 97.5 Å². The highest BCUT2D eigenvalue weighted by atomic mass is 32.2. The molecule has 1 aliphatic rings. The van der Waals surface area contributed by atoms with E-state index in [0.29, 0.717) is 17.8 Å². The summed E-state index contributed by atoms with van der Waals surface area (Å²) in [6, 6.07) is 0.502. The second kappa shape index (κ2) is 5.54. The van der Waals surface area contributed by atoms with Crippen molar-refractivity contribution in [3.05, 3.63) is 11.7 Å². The molecule has 0 atom stereocenters. The van der Waals surface area contributed by atoms with Crippen molar-refractivity contribution in [1.82, 2.24) is 15.5 Å². The van der Waals surface area contributed by atoms with Crippen molar-refractivity contribution in [1.29, 1.82) is 0 Å². The monoisotopic (exact) mass is 243 g/mol. The zero-order chi connectivity index (χ0) is 11.4. The molecule has 5 nitrogen and oxygen atoms in total. The van der Waals surface area contributed by atoms with E-state index < -0.39 is 10.8 Å². The van der Waals surface area contributed by atoms with E-state index in [2.05, 4.69) is 15.5 Å². The molecular formula is C10H17N3O2S. The van der Waals surface area contributed by atoms with Crippen molar-refractivity contribution in [2.24, 2.45) is 0 Å². The van der Waals surface area contributed by atoms with Gasteiger partial charge < -0.3 is 9.84 Å². The van der Waals surface area contributed by atoms with Gasteiger partial charge in [0.15, 0.2) is 5.82 Å². The second-order valence-electron chi connectivity index (χ2n) is 4.06. The normalized spacial score (nSPS) is 25.8. The molecular weight excluding hydrogens is 226 g/mol. The summed E-state index contributed by atoms with van der Waals surface area (Å²) in [6.07, 6.45) is 2.78. The molecule has 0 spiro atoms. The van der Waals surface area contributed by atoms with Crippen molar-refractivity contribution in [2.45, 2.75) is 32.2 Å². The Hall–Kier alpha value is -0.750. The Morgan fingerprint density at radius 2 is 2.25 bits per heavy atom. The van der Waals surface area contributed by atoms with Gasteiger partial charge in [0.05, 0.1) is 0 Å². The molecule has 0 aromatic carbocycles. The Kier molecular flexibility index (Phi) is 4.06. The largest absolute Gasteiger partial charge is 0.339 e. The van der Waals surface area contributed by atoms with Crippen molar-refractivity contribution >= 4 is 10.8 Å². The Morgan fingerprint density at radius 1 is 1.50 bits per heavy atom. The molecule has 0 unspecified atom stereocenters. The first-order valence-electron chi connectivity index (χ1n) is 5.61. The SMILES string of the molecule is Cc1noc(CCNC2CCS(=O)CC2)n1. The third-order valence-corrected chi connectivity index (χ3v) is 4.11. The Morgan fingerprint density at radius 3 is 2.88 bits per heavy atom. The van der Waals surface area contributed by atoms with Crippen LogP contribution in [0, 0.1) is 6.92 Å². The lowest BCUT2D eigenvalue weighted by atomic mass is 10.1. The van der Waals surface area contributed by atoms with Crippen LogP contribution in [0.4, 0.5) is 0 Å². The number of hydrogen-bond acceptors (Lipinski definition) is 5. The molecule has 0 bridgehead atoms. The summed E-state index contributed by atoms with van der Waals surface area (Å²) >= 11 is 0. The van der Waals surface area contributed by atoms with E-state index >= 15 is 0 Å². The van der Waals surface area contributed by atoms with Crippen LogP contribution in [-0.2, 0) is 17.2 Å². The number of aryl methyl sites for hydroxylation is 1. The summed E-state index contributed by atoms with van der Waals surface area (Å²) in [4.78, 5) is 4.14. The van der Waals surface area contributed by atoms with E-state index in [4.69, 9.17) is 4.52 Å². The molecule has 1 aromatic heterocycles. The predicted molar refractivity (Wildman–Crippen MR) is 61.6 cm³/mol. The van der Waals surface area contributed by atoms with Crippen LogP contribution in [0.15, 0.2) is 4.52 Å². The minimum Gasteiger partial charge on any atom is -0.339 e. The standard InChI is InChI=1S/C10H17N3O2S/c1-8-12-10(15-13-8)2-5-11-9-3-6-16(14)7-4-9/h9,11H,2-7H2,1H3. The topological polar surface area (TPSA) is 68.0 Å². The summed E-state index contributed by atoms with van der Waals surface area (Å²) in [7, 11) is -0.580. The fourth-order valence-electron chi connectivity index (χ4n) is 1.82. The van der Waals surface area contributed by atoms with Gasteiger partial charge in [-0.15, -0.1) is 0 Å². The first kappa shape index (κ1) is 11.7. The van der Waals surface area contributed by atoms with Crippen LogP contribution >= 0.6 is 0 Å². The van der Waals surface area contributed by atoms with Crippen LogP contribution in [0.2, 0.25) is 0 Å². The number of nitrogens with one attached hydrogen (secondary N) is 1. The minimum atomic E-state index is -0.580. The smallest absolute Gasteiger partial charge is 0.227 e. The Bertz CT molecular complexity index is 357. The van der Waals surface area contributed by atoms with Crippen LogP contribution in [0.25, 0.3) is 0 Å². The van der Waals surface area contributed by atoms with Crippen LogP contribution in [0.5, 0.6) is 0 Å². The van der Waals surface area contributed by atoms with Crippen LogP contribution < -0.4 is 5.32 Å². The highest BCUT2D eigenvalue weighted by Crippen LogP contribution is 2.09. The van der Waals surface area contributed by atoms with Crippen LogP contribution in [0.3, 0.4) is 0 Å². The van der Waals surface area contributed by atoms with Crippen LogP contribution in [-0.4, -0.2) is 38.4 Å². The molecule has 0 amide bonds. The van der Waals surface area contributed by atoms with E-state index in [0.717, 1.165) is 37.3 Å². The number of aromatic nitrogens is 2. The van der Waals surface area contributed by atoms with Gasteiger partial charge in [-0.05, 0) is 19.8 Å². The maximum Gasteiger partial charge on any atom is 0.227 e. The first-order chi connectivity index (χ1) is 7.74. The molecule has 2 heterocycles. The molecule has 0 saturated carbocycles. The highest BCUT2D eigenvalue weighted by molar-refractivity contribution is 7.85. The zero-order valence-electron chi connectivity index (χ0n) is 9.44. The highest BCUT2D eigenvalue weighted by Gasteiger charge is 2.17. The third-order valence-electron chi connectivity index (χ3n) is 2.73. The number of rotatable bonds is 4. The van der Waals surface area contributed by atoms with Gasteiger partial charge in [-0.3, -0.25) is 4.21 Å². The quantitative estimate of drug-likeness (QED) is 0.830. The molecule has 90 valence electrons. The van der Waals surface area contributed by atoms with Gasteiger partial charge in [0.1, 0.15) is 0 Å². The fraction of sp³-hybridized carbons (Fsp3) is 0.800. The molecule has 2 rings (SSSR count). The van der Waals surface area contributed by atoms with Gasteiger partial charge in [-0.25, -0.2) is 0 Å². The summed E-state index contributed by atoms with van der Waals surface area (Å²) in [5.41, 5.74) is 0. The van der Waals surface area contributed by atoms with Gasteiger partial charge in [0.2, 0.25) is 5.89 Å². The van der Waals surface area contributed by atoms with Crippen molar-refractivity contribution in [2.75, 3.05) is 18.1 Å².